The van der Waals surface area contributed by atoms with Crippen LogP contribution in [-0.4, -0.2) is 43.1 Å². The van der Waals surface area contributed by atoms with E-state index in [0.29, 0.717) is 24.5 Å². The van der Waals surface area contributed by atoms with Crippen LogP contribution in [-0.2, 0) is 0 Å². The van der Waals surface area contributed by atoms with Gasteiger partial charge in [0, 0.05) is 31.2 Å². The molecule has 2 fully saturated rings. The molecule has 2 saturated heterocycles. The molecular weight excluding hydrogens is 264 g/mol. The van der Waals surface area contributed by atoms with Crippen molar-refractivity contribution < 1.29 is 9.53 Å². The van der Waals surface area contributed by atoms with Crippen LogP contribution in [0, 0.1) is 11.8 Å². The highest BCUT2D eigenvalue weighted by molar-refractivity contribution is 5.95. The minimum Gasteiger partial charge on any atom is -0.494 e. The molecule has 0 radical (unpaired) electrons. The Labute approximate surface area is 126 Å². The van der Waals surface area contributed by atoms with Gasteiger partial charge in [-0.3, -0.25) is 4.79 Å². The molecule has 0 aromatic heterocycles. The van der Waals surface area contributed by atoms with Gasteiger partial charge in [0.2, 0.25) is 0 Å². The minimum atomic E-state index is 0.138. The molecule has 114 valence electrons. The van der Waals surface area contributed by atoms with E-state index in [4.69, 9.17) is 4.74 Å². The summed E-state index contributed by atoms with van der Waals surface area (Å²) in [5.41, 5.74) is 0.739. The molecule has 0 aliphatic carbocycles. The van der Waals surface area contributed by atoms with E-state index in [1.54, 1.807) is 0 Å². The lowest BCUT2D eigenvalue weighted by Crippen LogP contribution is -2.38. The lowest BCUT2D eigenvalue weighted by Gasteiger charge is -2.24. The maximum atomic E-state index is 12.8. The number of carbonyl (C=O) groups excluding carboxylic acids is 1. The van der Waals surface area contributed by atoms with Gasteiger partial charge >= 0.3 is 0 Å². The molecule has 1 amide bonds. The Kier molecular flexibility index (Phi) is 4.15. The summed E-state index contributed by atoms with van der Waals surface area (Å²) in [5.74, 6) is 2.15. The topological polar surface area (TPSA) is 41.6 Å². The number of carbonyl (C=O) groups is 1. The first-order valence-corrected chi connectivity index (χ1v) is 7.95. The van der Waals surface area contributed by atoms with Crippen molar-refractivity contribution in [2.75, 3.05) is 26.2 Å². The number of ether oxygens (including phenoxy) is 1. The largest absolute Gasteiger partial charge is 0.494 e. The monoisotopic (exact) mass is 288 g/mol. The van der Waals surface area contributed by atoms with Crippen LogP contribution in [0.15, 0.2) is 24.3 Å². The highest BCUT2D eigenvalue weighted by Crippen LogP contribution is 2.33. The Bertz CT molecular complexity index is 517. The van der Waals surface area contributed by atoms with Gasteiger partial charge in [0.05, 0.1) is 6.61 Å². The van der Waals surface area contributed by atoms with Crippen LogP contribution in [0.3, 0.4) is 0 Å². The molecule has 21 heavy (non-hydrogen) atoms. The Hall–Kier alpha value is -1.55. The van der Waals surface area contributed by atoms with Crippen molar-refractivity contribution in [2.45, 2.75) is 26.3 Å². The van der Waals surface area contributed by atoms with Crippen LogP contribution in [0.1, 0.15) is 30.6 Å². The van der Waals surface area contributed by atoms with E-state index >= 15 is 0 Å². The van der Waals surface area contributed by atoms with E-state index < -0.39 is 0 Å². The van der Waals surface area contributed by atoms with Crippen molar-refractivity contribution in [1.29, 1.82) is 0 Å². The highest BCUT2D eigenvalue weighted by Gasteiger charge is 2.43. The molecule has 4 heteroatoms. The molecule has 3 unspecified atom stereocenters. The smallest absolute Gasteiger partial charge is 0.254 e. The summed E-state index contributed by atoms with van der Waals surface area (Å²) >= 11 is 0. The van der Waals surface area contributed by atoms with Gasteiger partial charge < -0.3 is 15.0 Å². The van der Waals surface area contributed by atoms with Crippen LogP contribution < -0.4 is 10.1 Å². The van der Waals surface area contributed by atoms with Crippen molar-refractivity contribution >= 4 is 5.91 Å². The maximum Gasteiger partial charge on any atom is 0.254 e. The normalized spacial score (nSPS) is 27.7. The molecule has 2 aliphatic heterocycles. The van der Waals surface area contributed by atoms with E-state index in [-0.39, 0.29) is 5.91 Å². The van der Waals surface area contributed by atoms with Crippen LogP contribution in [0.25, 0.3) is 0 Å². The van der Waals surface area contributed by atoms with Gasteiger partial charge in [-0.25, -0.2) is 0 Å². The number of rotatable bonds is 4. The summed E-state index contributed by atoms with van der Waals surface area (Å²) in [7, 11) is 0. The lowest BCUT2D eigenvalue weighted by molar-refractivity contribution is 0.0728. The number of nitrogens with one attached hydrogen (secondary N) is 1. The van der Waals surface area contributed by atoms with E-state index in [1.807, 2.05) is 29.2 Å². The second-order valence-electron chi connectivity index (χ2n) is 6.16. The van der Waals surface area contributed by atoms with Crippen molar-refractivity contribution in [1.82, 2.24) is 10.2 Å². The Morgan fingerprint density at radius 1 is 1.43 bits per heavy atom. The first-order valence-electron chi connectivity index (χ1n) is 7.95. The summed E-state index contributed by atoms with van der Waals surface area (Å²) in [6.45, 7) is 7.89. The average molecular weight is 288 g/mol. The lowest BCUT2D eigenvalue weighted by atomic mass is 9.95. The number of benzene rings is 1. The maximum absolute atomic E-state index is 12.8. The molecular formula is C17H24N2O2. The van der Waals surface area contributed by atoms with Gasteiger partial charge in [0.1, 0.15) is 5.75 Å². The number of amides is 1. The number of hydrogen-bond donors (Lipinski definition) is 1. The third kappa shape index (κ3) is 2.77. The summed E-state index contributed by atoms with van der Waals surface area (Å²) in [6.07, 6.45) is 0.970. The van der Waals surface area contributed by atoms with Crippen LogP contribution in [0.4, 0.5) is 0 Å². The van der Waals surface area contributed by atoms with Crippen LogP contribution in [0.2, 0.25) is 0 Å². The Balaban J connectivity index is 1.73. The second kappa shape index (κ2) is 6.06. The quantitative estimate of drug-likeness (QED) is 0.923. The molecule has 4 nitrogen and oxygen atoms in total. The molecule has 2 aliphatic rings. The van der Waals surface area contributed by atoms with Gasteiger partial charge in [-0.2, -0.15) is 0 Å². The van der Waals surface area contributed by atoms with Crippen LogP contribution in [0.5, 0.6) is 5.75 Å². The summed E-state index contributed by atoms with van der Waals surface area (Å²) in [4.78, 5) is 14.8. The fourth-order valence-corrected chi connectivity index (χ4v) is 3.54. The van der Waals surface area contributed by atoms with E-state index in [0.717, 1.165) is 37.4 Å². The first kappa shape index (κ1) is 14.4. The van der Waals surface area contributed by atoms with Gasteiger partial charge in [-0.1, -0.05) is 13.0 Å². The van der Waals surface area contributed by atoms with Gasteiger partial charge in [-0.15, -0.1) is 0 Å². The summed E-state index contributed by atoms with van der Waals surface area (Å²) in [6, 6.07) is 7.90. The van der Waals surface area contributed by atoms with Gasteiger partial charge in [0.25, 0.3) is 5.91 Å². The molecule has 3 atom stereocenters. The van der Waals surface area contributed by atoms with E-state index in [1.165, 1.54) is 0 Å². The molecule has 2 heterocycles. The van der Waals surface area contributed by atoms with Crippen molar-refractivity contribution in [2.24, 2.45) is 11.8 Å². The third-order valence-corrected chi connectivity index (χ3v) is 4.75. The molecule has 1 N–H and O–H groups in total. The van der Waals surface area contributed by atoms with Crippen molar-refractivity contribution in [3.63, 3.8) is 0 Å². The average Bonchev–Trinajstić information content (AvgIpc) is 3.08. The highest BCUT2D eigenvalue weighted by atomic mass is 16.5. The fourth-order valence-electron chi connectivity index (χ4n) is 3.54. The molecule has 0 spiro atoms. The first-order chi connectivity index (χ1) is 10.2. The van der Waals surface area contributed by atoms with E-state index in [2.05, 4.69) is 19.2 Å². The predicted octanol–water partition coefficient (Wildman–Crippen LogP) is 2.16. The summed E-state index contributed by atoms with van der Waals surface area (Å²) in [5, 5.41) is 3.43. The fraction of sp³-hybridized carbons (Fsp3) is 0.588. The van der Waals surface area contributed by atoms with Gasteiger partial charge in [0.15, 0.2) is 0 Å². The molecule has 3 rings (SSSR count). The number of nitrogens with zero attached hydrogens (tertiary/aromatic N) is 1. The number of likely N-dealkylation sites (tertiary alicyclic amines) is 1. The zero-order valence-corrected chi connectivity index (χ0v) is 12.8. The van der Waals surface area contributed by atoms with E-state index in [9.17, 15) is 4.79 Å². The molecule has 0 bridgehead atoms. The van der Waals surface area contributed by atoms with Gasteiger partial charge in [-0.05, 0) is 43.4 Å². The minimum absolute atomic E-state index is 0.138. The standard InChI is InChI=1S/C17H24N2O2/c1-3-7-21-15-6-4-5-13(8-15)17(20)19-11-14-9-18-10-16(14)12(19)2/h4-6,8,12,14,16,18H,3,7,9-11H2,1-2H3. The number of fused-ring (bicyclic) bond motifs is 1. The predicted molar refractivity (Wildman–Crippen MR) is 82.6 cm³/mol. The second-order valence-corrected chi connectivity index (χ2v) is 6.16. The number of hydrogen-bond acceptors (Lipinski definition) is 3. The molecule has 0 saturated carbocycles. The Morgan fingerprint density at radius 2 is 2.29 bits per heavy atom. The van der Waals surface area contributed by atoms with Crippen molar-refractivity contribution in [3.8, 4) is 5.75 Å². The zero-order chi connectivity index (χ0) is 14.8. The zero-order valence-electron chi connectivity index (χ0n) is 12.8. The molecule has 1 aromatic rings. The summed E-state index contributed by atoms with van der Waals surface area (Å²) < 4.78 is 5.63. The van der Waals surface area contributed by atoms with Crippen LogP contribution >= 0.6 is 0 Å². The molecule has 1 aromatic carbocycles. The SMILES string of the molecule is CCCOc1cccc(C(=O)N2CC3CNCC3C2C)c1. The third-order valence-electron chi connectivity index (χ3n) is 4.75. The Morgan fingerprint density at radius 3 is 3.05 bits per heavy atom. The van der Waals surface area contributed by atoms with Crippen molar-refractivity contribution in [3.05, 3.63) is 29.8 Å².